The Hall–Kier alpha value is -2.63. The number of aromatic amines is 1. The van der Waals surface area contributed by atoms with Gasteiger partial charge in [-0.3, -0.25) is 14.7 Å². The Kier molecular flexibility index (Phi) is 4.03. The van der Waals surface area contributed by atoms with Crippen LogP contribution in [-0.2, 0) is 4.79 Å². The van der Waals surface area contributed by atoms with E-state index in [4.69, 9.17) is 0 Å². The molecular weight excluding hydrogens is 316 g/mol. The van der Waals surface area contributed by atoms with Crippen molar-refractivity contribution in [1.29, 1.82) is 0 Å². The summed E-state index contributed by atoms with van der Waals surface area (Å²) in [5, 5.41) is 7.15. The van der Waals surface area contributed by atoms with Crippen LogP contribution in [0.25, 0.3) is 0 Å². The zero-order valence-corrected chi connectivity index (χ0v) is 14.3. The summed E-state index contributed by atoms with van der Waals surface area (Å²) in [5.74, 6) is 0.337. The summed E-state index contributed by atoms with van der Waals surface area (Å²) in [4.78, 5) is 29.2. The highest BCUT2D eigenvalue weighted by molar-refractivity contribution is 6.03. The smallest absolute Gasteiger partial charge is 0.275 e. The Labute approximate surface area is 146 Å². The minimum atomic E-state index is -0.418. The van der Waals surface area contributed by atoms with Crippen molar-refractivity contribution in [1.82, 2.24) is 15.1 Å². The second-order valence-corrected chi connectivity index (χ2v) is 6.70. The molecule has 2 aromatic rings. The van der Waals surface area contributed by atoms with E-state index in [0.29, 0.717) is 31.1 Å². The number of amides is 2. The molecule has 1 aliphatic heterocycles. The first-order valence-electron chi connectivity index (χ1n) is 8.91. The Morgan fingerprint density at radius 1 is 1.28 bits per heavy atom. The van der Waals surface area contributed by atoms with Crippen LogP contribution >= 0.6 is 0 Å². The van der Waals surface area contributed by atoms with Crippen molar-refractivity contribution in [3.8, 4) is 0 Å². The molecule has 6 nitrogen and oxygen atoms in total. The van der Waals surface area contributed by atoms with Crippen LogP contribution in [0.5, 0.6) is 0 Å². The first kappa shape index (κ1) is 15.9. The SMILES string of the molecule is CCN(C(=O)c1cc(C2CC2)[nH]n1)C1CCN(c2ccccc2)C1=O. The van der Waals surface area contributed by atoms with Crippen molar-refractivity contribution >= 4 is 17.5 Å². The van der Waals surface area contributed by atoms with Crippen molar-refractivity contribution < 1.29 is 9.59 Å². The van der Waals surface area contributed by atoms with E-state index < -0.39 is 6.04 Å². The molecule has 1 aromatic carbocycles. The second-order valence-electron chi connectivity index (χ2n) is 6.70. The monoisotopic (exact) mass is 338 g/mol. The highest BCUT2D eigenvalue weighted by Gasteiger charge is 2.39. The summed E-state index contributed by atoms with van der Waals surface area (Å²) >= 11 is 0. The maximum atomic E-state index is 12.9. The summed E-state index contributed by atoms with van der Waals surface area (Å²) in [6.45, 7) is 3.03. The minimum Gasteiger partial charge on any atom is -0.325 e. The lowest BCUT2D eigenvalue weighted by molar-refractivity contribution is -0.120. The number of hydrogen-bond acceptors (Lipinski definition) is 3. The lowest BCUT2D eigenvalue weighted by atomic mass is 10.2. The number of anilines is 1. The van der Waals surface area contributed by atoms with Crippen LogP contribution < -0.4 is 4.90 Å². The number of carbonyl (C=O) groups excluding carboxylic acids is 2. The molecule has 130 valence electrons. The predicted molar refractivity (Wildman–Crippen MR) is 94.5 cm³/mol. The number of aromatic nitrogens is 2. The van der Waals surface area contributed by atoms with Crippen LogP contribution in [-0.4, -0.2) is 46.0 Å². The Morgan fingerprint density at radius 3 is 2.72 bits per heavy atom. The topological polar surface area (TPSA) is 69.3 Å². The van der Waals surface area contributed by atoms with E-state index in [1.165, 1.54) is 0 Å². The summed E-state index contributed by atoms with van der Waals surface area (Å²) in [6.07, 6.45) is 2.95. The number of benzene rings is 1. The average Bonchev–Trinajstić information content (AvgIpc) is 3.25. The minimum absolute atomic E-state index is 0.0145. The van der Waals surface area contributed by atoms with Crippen molar-refractivity contribution in [3.63, 3.8) is 0 Å². The number of H-pyrrole nitrogens is 1. The molecule has 1 N–H and O–H groups in total. The average molecular weight is 338 g/mol. The van der Waals surface area contributed by atoms with E-state index in [-0.39, 0.29) is 11.8 Å². The van der Waals surface area contributed by atoms with Crippen molar-refractivity contribution in [2.75, 3.05) is 18.0 Å². The molecule has 1 atom stereocenters. The molecule has 1 saturated heterocycles. The third-order valence-electron chi connectivity index (χ3n) is 5.06. The van der Waals surface area contributed by atoms with E-state index in [2.05, 4.69) is 10.2 Å². The summed E-state index contributed by atoms with van der Waals surface area (Å²) in [5.41, 5.74) is 2.33. The van der Waals surface area contributed by atoms with Gasteiger partial charge in [-0.1, -0.05) is 18.2 Å². The molecule has 2 amide bonds. The van der Waals surface area contributed by atoms with Crippen LogP contribution in [0.1, 0.15) is 48.3 Å². The Balaban J connectivity index is 1.52. The van der Waals surface area contributed by atoms with E-state index in [1.807, 2.05) is 43.3 Å². The molecule has 1 aliphatic carbocycles. The van der Waals surface area contributed by atoms with Gasteiger partial charge in [-0.25, -0.2) is 0 Å². The number of nitrogens with one attached hydrogen (secondary N) is 1. The van der Waals surface area contributed by atoms with Gasteiger partial charge in [-0.2, -0.15) is 5.10 Å². The zero-order chi connectivity index (χ0) is 17.4. The fourth-order valence-electron chi connectivity index (χ4n) is 3.52. The second kappa shape index (κ2) is 6.35. The molecule has 0 bridgehead atoms. The molecule has 1 saturated carbocycles. The van der Waals surface area contributed by atoms with Gasteiger partial charge >= 0.3 is 0 Å². The highest BCUT2D eigenvalue weighted by Crippen LogP contribution is 2.39. The van der Waals surface area contributed by atoms with Gasteiger partial charge in [-0.15, -0.1) is 0 Å². The summed E-state index contributed by atoms with van der Waals surface area (Å²) in [6, 6.07) is 11.0. The summed E-state index contributed by atoms with van der Waals surface area (Å²) in [7, 11) is 0. The van der Waals surface area contributed by atoms with E-state index in [1.54, 1.807) is 9.80 Å². The van der Waals surface area contributed by atoms with Gasteiger partial charge in [0.2, 0.25) is 5.91 Å². The molecule has 4 rings (SSSR count). The Bertz CT molecular complexity index is 782. The van der Waals surface area contributed by atoms with Gasteiger partial charge in [0, 0.05) is 30.4 Å². The molecule has 2 heterocycles. The van der Waals surface area contributed by atoms with Gasteiger partial charge in [-0.05, 0) is 44.4 Å². The number of likely N-dealkylation sites (N-methyl/N-ethyl adjacent to an activating group) is 1. The van der Waals surface area contributed by atoms with Crippen LogP contribution in [0.2, 0.25) is 0 Å². The van der Waals surface area contributed by atoms with Crippen molar-refractivity contribution in [3.05, 3.63) is 47.8 Å². The third-order valence-corrected chi connectivity index (χ3v) is 5.06. The van der Waals surface area contributed by atoms with Crippen molar-refractivity contribution in [2.24, 2.45) is 0 Å². The normalized spacial score (nSPS) is 20.1. The van der Waals surface area contributed by atoms with E-state index >= 15 is 0 Å². The van der Waals surface area contributed by atoms with E-state index in [0.717, 1.165) is 24.2 Å². The number of carbonyl (C=O) groups is 2. The molecular formula is C19H22N4O2. The van der Waals surface area contributed by atoms with Crippen LogP contribution in [0, 0.1) is 0 Å². The van der Waals surface area contributed by atoms with Gasteiger partial charge in [0.1, 0.15) is 11.7 Å². The molecule has 1 aromatic heterocycles. The number of hydrogen-bond donors (Lipinski definition) is 1. The largest absolute Gasteiger partial charge is 0.325 e. The lowest BCUT2D eigenvalue weighted by Gasteiger charge is -2.26. The summed E-state index contributed by atoms with van der Waals surface area (Å²) < 4.78 is 0. The molecule has 25 heavy (non-hydrogen) atoms. The number of rotatable bonds is 5. The predicted octanol–water partition coefficient (Wildman–Crippen LogP) is 2.55. The number of para-hydroxylation sites is 1. The molecule has 0 spiro atoms. The maximum absolute atomic E-state index is 12.9. The lowest BCUT2D eigenvalue weighted by Crippen LogP contribution is -2.45. The first-order valence-corrected chi connectivity index (χ1v) is 8.91. The standard InChI is InChI=1S/C19H22N4O2/c1-2-22(18(24)16-12-15(20-21-16)13-8-9-13)17-10-11-23(19(17)25)14-6-4-3-5-7-14/h3-7,12-13,17H,2,8-11H2,1H3,(H,20,21). The molecule has 6 heteroatoms. The molecule has 1 unspecified atom stereocenters. The van der Waals surface area contributed by atoms with Gasteiger partial charge in [0.05, 0.1) is 0 Å². The molecule has 0 radical (unpaired) electrons. The van der Waals surface area contributed by atoms with Crippen LogP contribution in [0.3, 0.4) is 0 Å². The fourth-order valence-corrected chi connectivity index (χ4v) is 3.52. The Morgan fingerprint density at radius 2 is 2.04 bits per heavy atom. The maximum Gasteiger partial charge on any atom is 0.275 e. The van der Waals surface area contributed by atoms with Gasteiger partial charge in [0.15, 0.2) is 0 Å². The van der Waals surface area contributed by atoms with E-state index in [9.17, 15) is 9.59 Å². The third kappa shape index (κ3) is 2.92. The quantitative estimate of drug-likeness (QED) is 0.911. The van der Waals surface area contributed by atoms with Crippen LogP contribution in [0.15, 0.2) is 36.4 Å². The first-order chi connectivity index (χ1) is 12.2. The zero-order valence-electron chi connectivity index (χ0n) is 14.3. The fraction of sp³-hybridized carbons (Fsp3) is 0.421. The van der Waals surface area contributed by atoms with Gasteiger partial charge < -0.3 is 9.80 Å². The van der Waals surface area contributed by atoms with Gasteiger partial charge in [0.25, 0.3) is 5.91 Å². The number of nitrogens with zero attached hydrogens (tertiary/aromatic N) is 3. The van der Waals surface area contributed by atoms with Crippen molar-refractivity contribution in [2.45, 2.75) is 38.1 Å². The highest BCUT2D eigenvalue weighted by atomic mass is 16.2. The molecule has 2 aliphatic rings. The van der Waals surface area contributed by atoms with Crippen LogP contribution in [0.4, 0.5) is 5.69 Å². The molecule has 2 fully saturated rings.